The van der Waals surface area contributed by atoms with E-state index in [1.807, 2.05) is 18.2 Å². The van der Waals surface area contributed by atoms with E-state index < -0.39 is 5.54 Å². The van der Waals surface area contributed by atoms with Crippen molar-refractivity contribution in [2.45, 2.75) is 18.9 Å². The molecule has 0 amide bonds. The number of methoxy groups -OCH3 is 1. The molecule has 0 spiro atoms. The summed E-state index contributed by atoms with van der Waals surface area (Å²) >= 11 is 0. The molecule has 1 atom stereocenters. The molecule has 2 N–H and O–H groups in total. The maximum absolute atomic E-state index is 6.44. The summed E-state index contributed by atoms with van der Waals surface area (Å²) in [5.74, 6) is 0. The van der Waals surface area contributed by atoms with Crippen molar-refractivity contribution in [3.8, 4) is 0 Å². The van der Waals surface area contributed by atoms with E-state index in [1.54, 1.807) is 13.3 Å². The van der Waals surface area contributed by atoms with E-state index in [0.29, 0.717) is 6.61 Å². The Morgan fingerprint density at radius 2 is 2.12 bits per heavy atom. The molecule has 0 saturated heterocycles. The molecule has 0 aliphatic carbocycles. The van der Waals surface area contributed by atoms with Crippen molar-refractivity contribution < 1.29 is 4.74 Å². The van der Waals surface area contributed by atoms with Gasteiger partial charge in [0.15, 0.2) is 0 Å². The van der Waals surface area contributed by atoms with Crippen LogP contribution in [-0.4, -0.2) is 18.7 Å². The summed E-state index contributed by atoms with van der Waals surface area (Å²) in [4.78, 5) is 4.35. The molecular formula is C14H18N2O. The first-order valence-electron chi connectivity index (χ1n) is 5.83. The van der Waals surface area contributed by atoms with E-state index in [4.69, 9.17) is 10.5 Å². The van der Waals surface area contributed by atoms with Crippen LogP contribution in [0.25, 0.3) is 10.9 Å². The quantitative estimate of drug-likeness (QED) is 0.877. The van der Waals surface area contributed by atoms with Gasteiger partial charge in [-0.25, -0.2) is 0 Å². The first kappa shape index (κ1) is 12.0. The first-order valence-corrected chi connectivity index (χ1v) is 5.83. The molecule has 0 bridgehead atoms. The second-order valence-corrected chi connectivity index (χ2v) is 4.32. The van der Waals surface area contributed by atoms with Crippen LogP contribution in [0.15, 0.2) is 36.5 Å². The van der Waals surface area contributed by atoms with Gasteiger partial charge in [0.1, 0.15) is 0 Å². The molecule has 0 fully saturated rings. The lowest BCUT2D eigenvalue weighted by Crippen LogP contribution is -2.40. The smallest absolute Gasteiger partial charge is 0.0705 e. The fourth-order valence-electron chi connectivity index (χ4n) is 2.17. The average molecular weight is 230 g/mol. The number of aromatic nitrogens is 1. The Morgan fingerprint density at radius 3 is 2.82 bits per heavy atom. The van der Waals surface area contributed by atoms with Gasteiger partial charge in [-0.1, -0.05) is 25.1 Å². The molecule has 1 aromatic heterocycles. The highest BCUT2D eigenvalue weighted by Gasteiger charge is 2.27. The van der Waals surface area contributed by atoms with Gasteiger partial charge in [-0.15, -0.1) is 0 Å². The van der Waals surface area contributed by atoms with E-state index in [1.165, 1.54) is 0 Å². The topological polar surface area (TPSA) is 48.1 Å². The van der Waals surface area contributed by atoms with Crippen LogP contribution in [0.2, 0.25) is 0 Å². The number of ether oxygens (including phenoxy) is 1. The van der Waals surface area contributed by atoms with Crippen molar-refractivity contribution in [2.24, 2.45) is 5.73 Å². The Bertz CT molecular complexity index is 507. The van der Waals surface area contributed by atoms with E-state index >= 15 is 0 Å². The summed E-state index contributed by atoms with van der Waals surface area (Å²) in [6, 6.07) is 10.1. The van der Waals surface area contributed by atoms with Gasteiger partial charge >= 0.3 is 0 Å². The first-order chi connectivity index (χ1) is 8.21. The standard InChI is InChI=1S/C14H18N2O/c1-3-14(15,10-17-2)12-7-4-8-13-11(12)6-5-9-16-13/h4-9H,3,10,15H2,1-2H3. The zero-order valence-corrected chi connectivity index (χ0v) is 10.3. The van der Waals surface area contributed by atoms with Gasteiger partial charge in [-0.3, -0.25) is 4.98 Å². The van der Waals surface area contributed by atoms with Crippen LogP contribution in [0.4, 0.5) is 0 Å². The van der Waals surface area contributed by atoms with Crippen molar-refractivity contribution in [1.29, 1.82) is 0 Å². The average Bonchev–Trinajstić information content (AvgIpc) is 2.38. The fourth-order valence-corrected chi connectivity index (χ4v) is 2.17. The number of pyridine rings is 1. The summed E-state index contributed by atoms with van der Waals surface area (Å²) < 4.78 is 5.26. The summed E-state index contributed by atoms with van der Waals surface area (Å²) in [5.41, 5.74) is 8.08. The minimum Gasteiger partial charge on any atom is -0.382 e. The van der Waals surface area contributed by atoms with E-state index in [-0.39, 0.29) is 0 Å². The molecule has 90 valence electrons. The highest BCUT2D eigenvalue weighted by Crippen LogP contribution is 2.28. The Kier molecular flexibility index (Phi) is 3.41. The summed E-state index contributed by atoms with van der Waals surface area (Å²) in [7, 11) is 1.68. The Labute approximate surface area is 102 Å². The molecule has 1 aromatic carbocycles. The van der Waals surface area contributed by atoms with Gasteiger partial charge in [0.25, 0.3) is 0 Å². The zero-order chi connectivity index (χ0) is 12.3. The number of nitrogens with two attached hydrogens (primary N) is 1. The van der Waals surface area contributed by atoms with E-state index in [2.05, 4.69) is 24.0 Å². The lowest BCUT2D eigenvalue weighted by molar-refractivity contribution is 0.130. The third kappa shape index (κ3) is 2.16. The van der Waals surface area contributed by atoms with E-state index in [0.717, 1.165) is 22.9 Å². The van der Waals surface area contributed by atoms with E-state index in [9.17, 15) is 0 Å². The van der Waals surface area contributed by atoms with Crippen molar-refractivity contribution in [3.05, 3.63) is 42.1 Å². The van der Waals surface area contributed by atoms with Gasteiger partial charge < -0.3 is 10.5 Å². The van der Waals surface area contributed by atoms with Crippen LogP contribution in [0.1, 0.15) is 18.9 Å². The normalized spacial score (nSPS) is 14.8. The van der Waals surface area contributed by atoms with Crippen LogP contribution in [0.3, 0.4) is 0 Å². The van der Waals surface area contributed by atoms with Crippen molar-refractivity contribution in [2.75, 3.05) is 13.7 Å². The predicted octanol–water partition coefficient (Wildman–Crippen LogP) is 2.45. The number of nitrogens with zero attached hydrogens (tertiary/aromatic N) is 1. The molecular weight excluding hydrogens is 212 g/mol. The molecule has 0 aliphatic heterocycles. The predicted molar refractivity (Wildman–Crippen MR) is 69.8 cm³/mol. The minimum absolute atomic E-state index is 0.447. The van der Waals surface area contributed by atoms with Gasteiger partial charge in [-0.05, 0) is 24.1 Å². The molecule has 1 heterocycles. The van der Waals surface area contributed by atoms with Gasteiger partial charge in [0.05, 0.1) is 17.7 Å². The van der Waals surface area contributed by atoms with Crippen molar-refractivity contribution in [1.82, 2.24) is 4.98 Å². The molecule has 2 rings (SSSR count). The minimum atomic E-state index is -0.447. The molecule has 0 radical (unpaired) electrons. The van der Waals surface area contributed by atoms with Crippen LogP contribution >= 0.6 is 0 Å². The molecule has 0 saturated carbocycles. The monoisotopic (exact) mass is 230 g/mol. The Morgan fingerprint density at radius 1 is 1.29 bits per heavy atom. The number of fused-ring (bicyclic) bond motifs is 1. The molecule has 17 heavy (non-hydrogen) atoms. The van der Waals surface area contributed by atoms with Crippen LogP contribution in [0, 0.1) is 0 Å². The van der Waals surface area contributed by atoms with Crippen LogP contribution in [0.5, 0.6) is 0 Å². The summed E-state index contributed by atoms with van der Waals surface area (Å²) in [6.45, 7) is 2.59. The second kappa shape index (κ2) is 4.82. The lowest BCUT2D eigenvalue weighted by Gasteiger charge is -2.29. The maximum Gasteiger partial charge on any atom is 0.0705 e. The molecule has 1 unspecified atom stereocenters. The van der Waals surface area contributed by atoms with Gasteiger partial charge in [-0.2, -0.15) is 0 Å². The zero-order valence-electron chi connectivity index (χ0n) is 10.3. The third-order valence-electron chi connectivity index (χ3n) is 3.21. The van der Waals surface area contributed by atoms with Crippen molar-refractivity contribution in [3.63, 3.8) is 0 Å². The van der Waals surface area contributed by atoms with Crippen LogP contribution < -0.4 is 5.73 Å². The Balaban J connectivity index is 2.61. The molecule has 3 heteroatoms. The molecule has 0 aliphatic rings. The SMILES string of the molecule is CCC(N)(COC)c1cccc2ncccc12. The second-order valence-electron chi connectivity index (χ2n) is 4.32. The molecule has 2 aromatic rings. The number of benzene rings is 1. The lowest BCUT2D eigenvalue weighted by atomic mass is 9.86. The Hall–Kier alpha value is -1.45. The highest BCUT2D eigenvalue weighted by atomic mass is 16.5. The highest BCUT2D eigenvalue weighted by molar-refractivity contribution is 5.83. The summed E-state index contributed by atoms with van der Waals surface area (Å²) in [5, 5.41) is 1.11. The number of hydrogen-bond acceptors (Lipinski definition) is 3. The number of hydrogen-bond donors (Lipinski definition) is 1. The van der Waals surface area contributed by atoms with Gasteiger partial charge in [0, 0.05) is 18.7 Å². The summed E-state index contributed by atoms with van der Waals surface area (Å²) in [6.07, 6.45) is 2.63. The largest absolute Gasteiger partial charge is 0.382 e. The fraction of sp³-hybridized carbons (Fsp3) is 0.357. The van der Waals surface area contributed by atoms with Crippen molar-refractivity contribution >= 4 is 10.9 Å². The molecule has 3 nitrogen and oxygen atoms in total. The maximum atomic E-state index is 6.44. The third-order valence-corrected chi connectivity index (χ3v) is 3.21. The number of rotatable bonds is 4. The van der Waals surface area contributed by atoms with Crippen LogP contribution in [-0.2, 0) is 10.3 Å². The van der Waals surface area contributed by atoms with Gasteiger partial charge in [0.2, 0.25) is 0 Å².